The van der Waals surface area contributed by atoms with E-state index < -0.39 is 0 Å². The third-order valence-electron chi connectivity index (χ3n) is 5.58. The van der Waals surface area contributed by atoms with Gasteiger partial charge >= 0.3 is 5.97 Å². The maximum absolute atomic E-state index is 13.0. The Balaban J connectivity index is 0.000000941. The van der Waals surface area contributed by atoms with Gasteiger partial charge in [-0.1, -0.05) is 26.0 Å². The molecule has 8 nitrogen and oxygen atoms in total. The predicted molar refractivity (Wildman–Crippen MR) is 107 cm³/mol. The van der Waals surface area contributed by atoms with Crippen LogP contribution >= 0.6 is 0 Å². The van der Waals surface area contributed by atoms with Crippen LogP contribution < -0.4 is 0 Å². The average molecular weight is 405 g/mol. The van der Waals surface area contributed by atoms with E-state index in [4.69, 9.17) is 14.6 Å². The van der Waals surface area contributed by atoms with Crippen molar-refractivity contribution in [2.24, 2.45) is 23.7 Å². The molecule has 0 radical (unpaired) electrons. The van der Waals surface area contributed by atoms with Crippen molar-refractivity contribution < 1.29 is 24.2 Å². The van der Waals surface area contributed by atoms with Crippen molar-refractivity contribution >= 4 is 18.3 Å². The highest BCUT2D eigenvalue weighted by molar-refractivity contribution is 5.95. The van der Waals surface area contributed by atoms with Gasteiger partial charge in [-0.15, -0.1) is 0 Å². The molecule has 160 valence electrons. The molecule has 2 aliphatic rings. The average Bonchev–Trinajstić information content (AvgIpc) is 3.25. The van der Waals surface area contributed by atoms with Crippen LogP contribution in [0.5, 0.6) is 0 Å². The van der Waals surface area contributed by atoms with Gasteiger partial charge in [-0.2, -0.15) is 5.10 Å². The third-order valence-corrected chi connectivity index (χ3v) is 5.58. The minimum Gasteiger partial charge on any atom is -0.483 e. The highest BCUT2D eigenvalue weighted by atomic mass is 16.5. The molecule has 0 unspecified atom stereocenters. The fraction of sp³-hybridized carbons (Fsp3) is 0.619. The number of hydrogen-bond donors (Lipinski definition) is 1. The monoisotopic (exact) mass is 405 g/mol. The van der Waals surface area contributed by atoms with Crippen LogP contribution in [0.15, 0.2) is 18.3 Å². The zero-order valence-electron chi connectivity index (χ0n) is 17.6. The van der Waals surface area contributed by atoms with Gasteiger partial charge in [-0.05, 0) is 38.0 Å². The maximum Gasteiger partial charge on any atom is 0.309 e. The number of rotatable bonds is 5. The fourth-order valence-corrected chi connectivity index (χ4v) is 4.30. The number of allylic oxidation sites excluding steroid dienone is 1. The zero-order chi connectivity index (χ0) is 21.6. The quantitative estimate of drug-likeness (QED) is 0.458. The molecule has 2 heterocycles. The van der Waals surface area contributed by atoms with Crippen LogP contribution in [0.2, 0.25) is 0 Å². The van der Waals surface area contributed by atoms with Crippen molar-refractivity contribution in [2.45, 2.75) is 40.7 Å². The SMILES string of the molecule is CCCn1cc(C(=O)N2C[C@@H]3[C@@H](C(=O)OCC)[C@@H](C)C=C[C@H]3C2)c(C)n1.O=CO. The minimum atomic E-state index is -0.250. The molecule has 0 spiro atoms. The van der Waals surface area contributed by atoms with Crippen molar-refractivity contribution in [2.75, 3.05) is 19.7 Å². The fourth-order valence-electron chi connectivity index (χ4n) is 4.30. The van der Waals surface area contributed by atoms with Crippen LogP contribution in [0.25, 0.3) is 0 Å². The first-order valence-corrected chi connectivity index (χ1v) is 10.1. The molecule has 0 aromatic carbocycles. The summed E-state index contributed by atoms with van der Waals surface area (Å²) in [5.74, 6) is 0.189. The first-order valence-electron chi connectivity index (χ1n) is 10.1. The lowest BCUT2D eigenvalue weighted by Crippen LogP contribution is -2.37. The summed E-state index contributed by atoms with van der Waals surface area (Å²) in [5, 5.41) is 11.3. The summed E-state index contributed by atoms with van der Waals surface area (Å²) in [6.45, 7) is 10.1. The van der Waals surface area contributed by atoms with Gasteiger partial charge in [-0.25, -0.2) is 0 Å². The number of aryl methyl sites for hydroxylation is 2. The van der Waals surface area contributed by atoms with Crippen LogP contribution in [-0.4, -0.2) is 57.8 Å². The summed E-state index contributed by atoms with van der Waals surface area (Å²) in [7, 11) is 0. The zero-order valence-corrected chi connectivity index (χ0v) is 17.6. The second-order valence-corrected chi connectivity index (χ2v) is 7.56. The number of esters is 1. The van der Waals surface area contributed by atoms with Gasteiger partial charge in [-0.3, -0.25) is 19.1 Å². The van der Waals surface area contributed by atoms with Crippen LogP contribution in [0.4, 0.5) is 0 Å². The molecule has 1 aliphatic heterocycles. The van der Waals surface area contributed by atoms with Crippen molar-refractivity contribution in [3.05, 3.63) is 29.6 Å². The van der Waals surface area contributed by atoms with E-state index in [-0.39, 0.29) is 42.0 Å². The number of hydrogen-bond acceptors (Lipinski definition) is 5. The number of nitrogens with zero attached hydrogens (tertiary/aromatic N) is 3. The van der Waals surface area contributed by atoms with Crippen LogP contribution in [0.3, 0.4) is 0 Å². The van der Waals surface area contributed by atoms with E-state index in [0.29, 0.717) is 25.3 Å². The number of aromatic nitrogens is 2. The molecule has 8 heteroatoms. The van der Waals surface area contributed by atoms with Crippen molar-refractivity contribution in [1.29, 1.82) is 0 Å². The van der Waals surface area contributed by atoms with E-state index in [1.54, 1.807) is 0 Å². The second kappa shape index (κ2) is 10.2. The van der Waals surface area contributed by atoms with Crippen molar-refractivity contribution in [3.8, 4) is 0 Å². The second-order valence-electron chi connectivity index (χ2n) is 7.56. The molecule has 1 aromatic rings. The van der Waals surface area contributed by atoms with E-state index >= 15 is 0 Å². The van der Waals surface area contributed by atoms with Gasteiger partial charge in [0.05, 0.1) is 23.8 Å². The molecule has 29 heavy (non-hydrogen) atoms. The van der Waals surface area contributed by atoms with Crippen LogP contribution in [-0.2, 0) is 20.9 Å². The van der Waals surface area contributed by atoms with Gasteiger partial charge in [0.1, 0.15) is 0 Å². The van der Waals surface area contributed by atoms with Crippen LogP contribution in [0.1, 0.15) is 43.2 Å². The van der Waals surface area contributed by atoms with Gasteiger partial charge < -0.3 is 14.7 Å². The van der Waals surface area contributed by atoms with E-state index in [1.165, 1.54) is 0 Å². The summed E-state index contributed by atoms with van der Waals surface area (Å²) >= 11 is 0. The molecule has 4 atom stereocenters. The topological polar surface area (TPSA) is 102 Å². The predicted octanol–water partition coefficient (Wildman–Crippen LogP) is 2.38. The standard InChI is InChI=1S/C20H29N3O3.CH2O2/c1-5-9-23-12-16(14(4)21-23)19(24)22-10-15-8-7-13(3)18(17(15)11-22)20(25)26-6-2;2-1-3/h7-8,12-13,15,17-18H,5-6,9-11H2,1-4H3;1H,(H,2,3)/t13-,15-,17-,18-;/m0./s1. The lowest BCUT2D eigenvalue weighted by Gasteiger charge is -2.31. The summed E-state index contributed by atoms with van der Waals surface area (Å²) in [6, 6.07) is 0. The Morgan fingerprint density at radius 2 is 2.00 bits per heavy atom. The van der Waals surface area contributed by atoms with Gasteiger partial charge in [0.2, 0.25) is 0 Å². The van der Waals surface area contributed by atoms with Gasteiger partial charge in [0.25, 0.3) is 12.4 Å². The molecule has 3 rings (SSSR count). The van der Waals surface area contributed by atoms with E-state index in [0.717, 1.165) is 18.7 Å². The van der Waals surface area contributed by atoms with Crippen molar-refractivity contribution in [3.63, 3.8) is 0 Å². The molecule has 0 saturated carbocycles. The lowest BCUT2D eigenvalue weighted by atomic mass is 9.72. The number of carboxylic acid groups (broad SMARTS) is 1. The summed E-state index contributed by atoms with van der Waals surface area (Å²) in [6.07, 6.45) is 7.10. The van der Waals surface area contributed by atoms with Gasteiger partial charge in [0, 0.05) is 25.8 Å². The Morgan fingerprint density at radius 3 is 2.62 bits per heavy atom. The molecular formula is C21H31N3O5. The Morgan fingerprint density at radius 1 is 1.31 bits per heavy atom. The number of amides is 1. The number of likely N-dealkylation sites (tertiary alicyclic amines) is 1. The van der Waals surface area contributed by atoms with Gasteiger partial charge in [0.15, 0.2) is 0 Å². The molecule has 0 bridgehead atoms. The highest BCUT2D eigenvalue weighted by Gasteiger charge is 2.46. The molecular weight excluding hydrogens is 374 g/mol. The molecule has 1 amide bonds. The smallest absolute Gasteiger partial charge is 0.309 e. The summed E-state index contributed by atoms with van der Waals surface area (Å²) < 4.78 is 7.14. The first kappa shape index (κ1) is 22.6. The van der Waals surface area contributed by atoms with E-state index in [9.17, 15) is 9.59 Å². The number of ether oxygens (including phenoxy) is 1. The third kappa shape index (κ3) is 5.05. The Hall–Kier alpha value is -2.64. The summed E-state index contributed by atoms with van der Waals surface area (Å²) in [5.41, 5.74) is 1.44. The lowest BCUT2D eigenvalue weighted by molar-refractivity contribution is -0.152. The minimum absolute atomic E-state index is 0.0166. The maximum atomic E-state index is 13.0. The van der Waals surface area contributed by atoms with E-state index in [2.05, 4.69) is 31.1 Å². The normalized spacial score (nSPS) is 25.0. The number of carbonyl (C=O) groups is 3. The molecule has 1 aliphatic carbocycles. The highest BCUT2D eigenvalue weighted by Crippen LogP contribution is 2.40. The first-order chi connectivity index (χ1) is 13.9. The summed E-state index contributed by atoms with van der Waals surface area (Å²) in [4.78, 5) is 35.7. The van der Waals surface area contributed by atoms with E-state index in [1.807, 2.05) is 29.6 Å². The molecule has 1 fully saturated rings. The Labute approximate surface area is 171 Å². The number of carbonyl (C=O) groups excluding carboxylic acids is 2. The Bertz CT molecular complexity index is 757. The number of fused-ring (bicyclic) bond motifs is 1. The molecule has 1 N–H and O–H groups in total. The molecule has 1 aromatic heterocycles. The molecule has 1 saturated heterocycles. The van der Waals surface area contributed by atoms with Crippen molar-refractivity contribution in [1.82, 2.24) is 14.7 Å². The largest absolute Gasteiger partial charge is 0.483 e. The Kier molecular flexibility index (Phi) is 7.99. The van der Waals surface area contributed by atoms with Crippen LogP contribution in [0, 0.1) is 30.6 Å².